The Hall–Kier alpha value is -1.60. The lowest BCUT2D eigenvalue weighted by Gasteiger charge is -2.36. The first kappa shape index (κ1) is 13.4. The van der Waals surface area contributed by atoms with Crippen LogP contribution in [0.5, 0.6) is 0 Å². The minimum atomic E-state index is -0.288. The molecule has 0 bridgehead atoms. The van der Waals surface area contributed by atoms with E-state index in [2.05, 4.69) is 69.3 Å². The fourth-order valence-corrected chi connectivity index (χ4v) is 3.44. The molecular weight excluding hydrogens is 244 g/mol. The van der Waals surface area contributed by atoms with Crippen LogP contribution < -0.4 is 0 Å². The minimum Gasteiger partial charge on any atom is -0.365 e. The summed E-state index contributed by atoms with van der Waals surface area (Å²) < 4.78 is 6.45. The van der Waals surface area contributed by atoms with Crippen LogP contribution in [0, 0.1) is 5.92 Å². The molecule has 0 saturated carbocycles. The zero-order valence-corrected chi connectivity index (χ0v) is 12.5. The average molecular weight is 266 g/mol. The molecule has 20 heavy (non-hydrogen) atoms. The topological polar surface area (TPSA) is 9.23 Å². The molecule has 0 N–H and O–H groups in total. The second-order valence-corrected chi connectivity index (χ2v) is 5.83. The van der Waals surface area contributed by atoms with Crippen LogP contribution in [0.15, 0.2) is 48.5 Å². The number of hydrogen-bond acceptors (Lipinski definition) is 1. The Morgan fingerprint density at radius 1 is 0.900 bits per heavy atom. The summed E-state index contributed by atoms with van der Waals surface area (Å²) in [6, 6.07) is 17.4. The van der Waals surface area contributed by atoms with Gasteiger partial charge in [-0.25, -0.2) is 0 Å². The van der Waals surface area contributed by atoms with Crippen LogP contribution in [0.2, 0.25) is 0 Å². The molecule has 104 valence electrons. The van der Waals surface area contributed by atoms with Gasteiger partial charge in [-0.2, -0.15) is 0 Å². The number of fused-ring (bicyclic) bond motifs is 3. The van der Waals surface area contributed by atoms with Gasteiger partial charge in [0.15, 0.2) is 0 Å². The van der Waals surface area contributed by atoms with Gasteiger partial charge >= 0.3 is 0 Å². The van der Waals surface area contributed by atoms with E-state index in [9.17, 15) is 0 Å². The Labute approximate surface area is 121 Å². The maximum Gasteiger partial charge on any atom is 0.122 e. The van der Waals surface area contributed by atoms with E-state index in [1.165, 1.54) is 22.3 Å². The van der Waals surface area contributed by atoms with Crippen LogP contribution >= 0.6 is 0 Å². The van der Waals surface area contributed by atoms with Crippen molar-refractivity contribution in [1.82, 2.24) is 0 Å². The van der Waals surface area contributed by atoms with Gasteiger partial charge in [0.2, 0.25) is 0 Å². The predicted molar refractivity (Wildman–Crippen MR) is 83.7 cm³/mol. The van der Waals surface area contributed by atoms with E-state index >= 15 is 0 Å². The molecule has 1 aliphatic carbocycles. The molecule has 0 heterocycles. The third-order valence-corrected chi connectivity index (χ3v) is 4.29. The molecule has 0 aromatic heterocycles. The predicted octanol–water partition coefficient (Wildman–Crippen LogP) is 4.99. The summed E-state index contributed by atoms with van der Waals surface area (Å²) in [6.07, 6.45) is 1.04. The van der Waals surface area contributed by atoms with Crippen LogP contribution in [0.1, 0.15) is 38.3 Å². The summed E-state index contributed by atoms with van der Waals surface area (Å²) >= 11 is 0. The SMILES string of the molecule is CCCOC1(C(C)C)c2ccccc2-c2ccccc21. The van der Waals surface area contributed by atoms with Crippen LogP contribution in [-0.4, -0.2) is 6.61 Å². The third-order valence-electron chi connectivity index (χ3n) is 4.29. The maximum absolute atomic E-state index is 6.45. The Morgan fingerprint density at radius 3 is 1.85 bits per heavy atom. The zero-order chi connectivity index (χ0) is 14.2. The molecule has 3 rings (SSSR count). The third kappa shape index (κ3) is 1.73. The summed E-state index contributed by atoms with van der Waals surface area (Å²) in [5, 5.41) is 0. The van der Waals surface area contributed by atoms with Crippen molar-refractivity contribution in [3.8, 4) is 11.1 Å². The van der Waals surface area contributed by atoms with Crippen molar-refractivity contribution in [2.45, 2.75) is 32.8 Å². The molecule has 0 amide bonds. The quantitative estimate of drug-likeness (QED) is 0.757. The molecule has 0 saturated heterocycles. The van der Waals surface area contributed by atoms with E-state index in [-0.39, 0.29) is 5.60 Å². The first-order valence-corrected chi connectivity index (χ1v) is 7.55. The Morgan fingerprint density at radius 2 is 1.40 bits per heavy atom. The molecule has 0 aliphatic heterocycles. The van der Waals surface area contributed by atoms with Gasteiger partial charge in [0.1, 0.15) is 5.60 Å². The Bertz CT molecular complexity index is 567. The summed E-state index contributed by atoms with van der Waals surface area (Å²) in [7, 11) is 0. The number of rotatable bonds is 4. The van der Waals surface area contributed by atoms with Crippen molar-refractivity contribution in [2.75, 3.05) is 6.61 Å². The molecule has 2 aromatic carbocycles. The van der Waals surface area contributed by atoms with Gasteiger partial charge in [-0.1, -0.05) is 69.3 Å². The second kappa shape index (κ2) is 5.06. The van der Waals surface area contributed by atoms with Gasteiger partial charge in [0, 0.05) is 6.61 Å². The highest BCUT2D eigenvalue weighted by Crippen LogP contribution is 2.53. The smallest absolute Gasteiger partial charge is 0.122 e. The molecule has 2 aromatic rings. The van der Waals surface area contributed by atoms with Gasteiger partial charge in [0.25, 0.3) is 0 Å². The van der Waals surface area contributed by atoms with Crippen molar-refractivity contribution in [2.24, 2.45) is 5.92 Å². The molecule has 0 fully saturated rings. The summed E-state index contributed by atoms with van der Waals surface area (Å²) in [4.78, 5) is 0. The number of ether oxygens (including phenoxy) is 1. The Balaban J connectivity index is 2.27. The zero-order valence-electron chi connectivity index (χ0n) is 12.5. The number of benzene rings is 2. The van der Waals surface area contributed by atoms with Crippen molar-refractivity contribution < 1.29 is 4.74 Å². The van der Waals surface area contributed by atoms with E-state index in [0.29, 0.717) is 5.92 Å². The van der Waals surface area contributed by atoms with Crippen LogP contribution in [0.4, 0.5) is 0 Å². The molecule has 1 nitrogen and oxygen atoms in total. The average Bonchev–Trinajstić information content (AvgIpc) is 2.77. The number of hydrogen-bond donors (Lipinski definition) is 0. The molecule has 1 aliphatic rings. The van der Waals surface area contributed by atoms with Crippen molar-refractivity contribution >= 4 is 0 Å². The van der Waals surface area contributed by atoms with Crippen molar-refractivity contribution in [3.63, 3.8) is 0 Å². The summed E-state index contributed by atoms with van der Waals surface area (Å²) in [6.45, 7) is 7.48. The monoisotopic (exact) mass is 266 g/mol. The lowest BCUT2D eigenvalue weighted by molar-refractivity contribution is -0.0487. The lowest BCUT2D eigenvalue weighted by atomic mass is 9.81. The fraction of sp³-hybridized carbons (Fsp3) is 0.368. The van der Waals surface area contributed by atoms with E-state index in [1.54, 1.807) is 0 Å². The van der Waals surface area contributed by atoms with Crippen LogP contribution in [0.3, 0.4) is 0 Å². The lowest BCUT2D eigenvalue weighted by Crippen LogP contribution is -2.35. The van der Waals surface area contributed by atoms with E-state index in [4.69, 9.17) is 4.74 Å². The normalized spacial score (nSPS) is 15.2. The van der Waals surface area contributed by atoms with Crippen LogP contribution in [0.25, 0.3) is 11.1 Å². The maximum atomic E-state index is 6.45. The minimum absolute atomic E-state index is 0.288. The molecular formula is C19H22O. The molecule has 0 unspecified atom stereocenters. The highest BCUT2D eigenvalue weighted by molar-refractivity contribution is 5.80. The van der Waals surface area contributed by atoms with Gasteiger partial charge in [0.05, 0.1) is 0 Å². The first-order chi connectivity index (χ1) is 9.71. The van der Waals surface area contributed by atoms with Gasteiger partial charge in [-0.05, 0) is 34.6 Å². The second-order valence-electron chi connectivity index (χ2n) is 5.83. The molecule has 0 spiro atoms. The van der Waals surface area contributed by atoms with Crippen molar-refractivity contribution in [1.29, 1.82) is 0 Å². The summed E-state index contributed by atoms with van der Waals surface area (Å²) in [5.74, 6) is 0.402. The molecule has 1 heteroatoms. The Kier molecular flexibility index (Phi) is 3.39. The molecule has 0 radical (unpaired) electrons. The standard InChI is InChI=1S/C19H22O/c1-4-13-20-19(14(2)3)17-11-7-5-9-15(17)16-10-6-8-12-18(16)19/h5-12,14H,4,13H2,1-3H3. The van der Waals surface area contributed by atoms with Crippen molar-refractivity contribution in [3.05, 3.63) is 59.7 Å². The largest absolute Gasteiger partial charge is 0.365 e. The van der Waals surface area contributed by atoms with E-state index in [1.807, 2.05) is 0 Å². The van der Waals surface area contributed by atoms with Gasteiger partial charge < -0.3 is 4.74 Å². The van der Waals surface area contributed by atoms with E-state index in [0.717, 1.165) is 13.0 Å². The fourth-order valence-electron chi connectivity index (χ4n) is 3.44. The highest BCUT2D eigenvalue weighted by Gasteiger charge is 2.46. The van der Waals surface area contributed by atoms with Gasteiger partial charge in [-0.15, -0.1) is 0 Å². The van der Waals surface area contributed by atoms with E-state index < -0.39 is 0 Å². The first-order valence-electron chi connectivity index (χ1n) is 7.55. The van der Waals surface area contributed by atoms with Crippen LogP contribution in [-0.2, 0) is 10.3 Å². The highest BCUT2D eigenvalue weighted by atomic mass is 16.5. The summed E-state index contributed by atoms with van der Waals surface area (Å²) in [5.41, 5.74) is 5.01. The van der Waals surface area contributed by atoms with Gasteiger partial charge in [-0.3, -0.25) is 0 Å². The molecule has 0 atom stereocenters.